The number of hydrogen-bond acceptors (Lipinski definition) is 5. The summed E-state index contributed by atoms with van der Waals surface area (Å²) in [5.74, 6) is -0.460. The Morgan fingerprint density at radius 2 is 2.07 bits per heavy atom. The van der Waals surface area contributed by atoms with E-state index >= 15 is 0 Å². The molecule has 0 bridgehead atoms. The molecule has 1 aliphatic heterocycles. The molecular weight excluding hydrogens is 391 g/mol. The second-order valence-corrected chi connectivity index (χ2v) is 11.7. The fraction of sp³-hybridized carbons (Fsp3) is 0.500. The minimum Gasteiger partial charge on any atom is -0.443 e. The minimum atomic E-state index is -0.767. The molecular formula is C20H29FN4O3Si. The van der Waals surface area contributed by atoms with Crippen LogP contribution in [0.5, 0.6) is 0 Å². The Kier molecular flexibility index (Phi) is 5.84. The number of nitrogens with two attached hydrogens (primary N) is 1. The fourth-order valence-corrected chi connectivity index (χ4v) is 3.91. The summed E-state index contributed by atoms with van der Waals surface area (Å²) >= 11 is 0. The van der Waals surface area contributed by atoms with E-state index < -0.39 is 27.3 Å². The quantitative estimate of drug-likeness (QED) is 0.727. The molecule has 0 unspecified atom stereocenters. The van der Waals surface area contributed by atoms with Gasteiger partial charge >= 0.3 is 6.09 Å². The standard InChI is InChI=1S/C20H29FN4O3Si/c1-19(2,3)29-28-20(4,5)17-11-24(12-23-17)16-7-6-13(8-15(16)21)25-10-14(9-22)27-18(25)26/h6-8,11-12,14H,9-10,22,29H2,1-5H3/t14-/m0/s1. The molecule has 7 nitrogen and oxygen atoms in total. The Balaban J connectivity index is 1.79. The number of ether oxygens (including phenoxy) is 1. The van der Waals surface area contributed by atoms with Gasteiger partial charge < -0.3 is 19.5 Å². The van der Waals surface area contributed by atoms with Crippen molar-refractivity contribution in [1.29, 1.82) is 0 Å². The summed E-state index contributed by atoms with van der Waals surface area (Å²) in [5.41, 5.74) is 6.54. The Labute approximate surface area is 172 Å². The van der Waals surface area contributed by atoms with Crippen molar-refractivity contribution in [1.82, 2.24) is 9.55 Å². The molecule has 1 aromatic heterocycles. The lowest BCUT2D eigenvalue weighted by atomic mass is 10.1. The maximum absolute atomic E-state index is 14.8. The van der Waals surface area contributed by atoms with Crippen molar-refractivity contribution in [2.24, 2.45) is 5.73 Å². The molecule has 2 heterocycles. The number of imidazole rings is 1. The van der Waals surface area contributed by atoms with Crippen LogP contribution < -0.4 is 10.6 Å². The molecule has 1 saturated heterocycles. The first-order valence-corrected chi connectivity index (χ1v) is 11.0. The molecule has 1 aromatic carbocycles. The van der Waals surface area contributed by atoms with E-state index in [1.807, 2.05) is 13.8 Å². The molecule has 0 saturated carbocycles. The van der Waals surface area contributed by atoms with Crippen LogP contribution in [0.25, 0.3) is 5.69 Å². The van der Waals surface area contributed by atoms with E-state index in [2.05, 4.69) is 25.8 Å². The van der Waals surface area contributed by atoms with Gasteiger partial charge in [-0.3, -0.25) is 4.90 Å². The average Bonchev–Trinajstić information content (AvgIpc) is 3.27. The van der Waals surface area contributed by atoms with Crippen LogP contribution in [0, 0.1) is 5.82 Å². The fourth-order valence-electron chi connectivity index (χ4n) is 2.96. The summed E-state index contributed by atoms with van der Waals surface area (Å²) in [6.07, 6.45) is 2.47. The molecule has 2 N–H and O–H groups in total. The lowest BCUT2D eigenvalue weighted by molar-refractivity contribution is 0.105. The molecule has 1 atom stereocenters. The lowest BCUT2D eigenvalue weighted by Crippen LogP contribution is -2.28. The van der Waals surface area contributed by atoms with Gasteiger partial charge in [0.2, 0.25) is 0 Å². The Morgan fingerprint density at radius 3 is 2.66 bits per heavy atom. The van der Waals surface area contributed by atoms with Crippen molar-refractivity contribution in [3.05, 3.63) is 42.2 Å². The third kappa shape index (κ3) is 4.85. The topological polar surface area (TPSA) is 82.6 Å². The molecule has 3 rings (SSSR count). The van der Waals surface area contributed by atoms with Gasteiger partial charge in [-0.2, -0.15) is 0 Å². The molecule has 9 heteroatoms. The van der Waals surface area contributed by atoms with Gasteiger partial charge in [0.1, 0.15) is 11.9 Å². The van der Waals surface area contributed by atoms with Gasteiger partial charge in [0, 0.05) is 12.7 Å². The van der Waals surface area contributed by atoms with Crippen molar-refractivity contribution in [2.75, 3.05) is 18.0 Å². The van der Waals surface area contributed by atoms with Crippen molar-refractivity contribution in [3.8, 4) is 5.69 Å². The van der Waals surface area contributed by atoms with Gasteiger partial charge in [0.25, 0.3) is 0 Å². The molecule has 0 radical (unpaired) electrons. The Hall–Kier alpha value is -2.23. The monoisotopic (exact) mass is 420 g/mol. The number of aromatic nitrogens is 2. The highest BCUT2D eigenvalue weighted by atomic mass is 28.2. The normalized spacial score (nSPS) is 18.1. The van der Waals surface area contributed by atoms with Crippen LogP contribution in [0.15, 0.2) is 30.7 Å². The third-order valence-electron chi connectivity index (χ3n) is 4.72. The van der Waals surface area contributed by atoms with E-state index in [1.165, 1.54) is 11.0 Å². The van der Waals surface area contributed by atoms with Crippen molar-refractivity contribution in [3.63, 3.8) is 0 Å². The minimum absolute atomic E-state index is 0.168. The molecule has 0 spiro atoms. The zero-order chi connectivity index (χ0) is 21.4. The number of amides is 1. The Bertz CT molecular complexity index is 894. The third-order valence-corrected chi connectivity index (χ3v) is 6.46. The van der Waals surface area contributed by atoms with Crippen LogP contribution in [-0.2, 0) is 14.8 Å². The van der Waals surface area contributed by atoms with Gasteiger partial charge in [-0.05, 0) is 37.1 Å². The van der Waals surface area contributed by atoms with Crippen LogP contribution in [0.3, 0.4) is 0 Å². The number of nitrogens with zero attached hydrogens (tertiary/aromatic N) is 3. The summed E-state index contributed by atoms with van der Waals surface area (Å²) in [5, 5.41) is 0.168. The van der Waals surface area contributed by atoms with Gasteiger partial charge in [-0.25, -0.2) is 14.2 Å². The first-order chi connectivity index (χ1) is 13.5. The van der Waals surface area contributed by atoms with Crippen LogP contribution in [0.2, 0.25) is 5.04 Å². The van der Waals surface area contributed by atoms with Crippen LogP contribution >= 0.6 is 0 Å². The van der Waals surface area contributed by atoms with Crippen molar-refractivity contribution in [2.45, 2.75) is 51.4 Å². The number of carbonyl (C=O) groups is 1. The molecule has 2 aromatic rings. The second-order valence-electron chi connectivity index (χ2n) is 9.01. The number of cyclic esters (lactones) is 1. The summed E-state index contributed by atoms with van der Waals surface area (Å²) in [7, 11) is -0.767. The number of halogens is 1. The van der Waals surface area contributed by atoms with E-state index in [4.69, 9.17) is 14.9 Å². The predicted octanol–water partition coefficient (Wildman–Crippen LogP) is 2.85. The summed E-state index contributed by atoms with van der Waals surface area (Å²) in [6.45, 7) is 11.0. The van der Waals surface area contributed by atoms with E-state index in [0.29, 0.717) is 17.9 Å². The van der Waals surface area contributed by atoms with E-state index in [9.17, 15) is 9.18 Å². The van der Waals surface area contributed by atoms with Crippen molar-refractivity contribution < 1.29 is 18.3 Å². The van der Waals surface area contributed by atoms with E-state index in [1.54, 1.807) is 29.2 Å². The molecule has 0 aliphatic carbocycles. The smallest absolute Gasteiger partial charge is 0.414 e. The van der Waals surface area contributed by atoms with E-state index in [0.717, 1.165) is 5.69 Å². The van der Waals surface area contributed by atoms with Crippen LogP contribution in [-0.4, -0.2) is 44.6 Å². The molecule has 158 valence electrons. The number of anilines is 1. The first kappa shape index (κ1) is 21.5. The highest BCUT2D eigenvalue weighted by molar-refractivity contribution is 6.31. The predicted molar refractivity (Wildman–Crippen MR) is 113 cm³/mol. The van der Waals surface area contributed by atoms with E-state index in [-0.39, 0.29) is 17.7 Å². The number of benzene rings is 1. The largest absolute Gasteiger partial charge is 0.443 e. The van der Waals surface area contributed by atoms with Crippen molar-refractivity contribution >= 4 is 21.5 Å². The summed E-state index contributed by atoms with van der Waals surface area (Å²) < 4.78 is 27.8. The first-order valence-electron chi connectivity index (χ1n) is 9.67. The van der Waals surface area contributed by atoms with Gasteiger partial charge in [-0.1, -0.05) is 20.8 Å². The highest BCUT2D eigenvalue weighted by Crippen LogP contribution is 2.30. The molecule has 29 heavy (non-hydrogen) atoms. The van der Waals surface area contributed by atoms with Gasteiger partial charge in [0.15, 0.2) is 9.76 Å². The molecule has 1 aliphatic rings. The number of rotatable bonds is 6. The average molecular weight is 421 g/mol. The maximum Gasteiger partial charge on any atom is 0.414 e. The number of carbonyl (C=O) groups excluding carboxylic acids is 1. The number of hydrogen-bond donors (Lipinski definition) is 1. The zero-order valence-electron chi connectivity index (χ0n) is 17.6. The van der Waals surface area contributed by atoms with Gasteiger partial charge in [-0.15, -0.1) is 0 Å². The highest BCUT2D eigenvalue weighted by Gasteiger charge is 2.32. The Morgan fingerprint density at radius 1 is 1.34 bits per heavy atom. The summed E-state index contributed by atoms with van der Waals surface area (Å²) in [6, 6.07) is 4.63. The van der Waals surface area contributed by atoms with Gasteiger partial charge in [0.05, 0.1) is 35.5 Å². The maximum atomic E-state index is 14.8. The zero-order valence-corrected chi connectivity index (χ0v) is 19.0. The second kappa shape index (κ2) is 7.89. The molecule has 1 amide bonds. The van der Waals surface area contributed by atoms with Crippen LogP contribution in [0.1, 0.15) is 40.3 Å². The SMILES string of the molecule is CC(C)(C)[SiH2]OC(C)(C)c1cn(-c2ccc(N3C[C@H](CN)OC3=O)cc2F)cn1. The lowest BCUT2D eigenvalue weighted by Gasteiger charge is -2.28. The molecule has 1 fully saturated rings. The summed E-state index contributed by atoms with van der Waals surface area (Å²) in [4.78, 5) is 17.8. The van der Waals surface area contributed by atoms with Crippen LogP contribution in [0.4, 0.5) is 14.9 Å².